The predicted octanol–water partition coefficient (Wildman–Crippen LogP) is 2.34. The van der Waals surface area contributed by atoms with Gasteiger partial charge in [-0.05, 0) is 34.1 Å². The van der Waals surface area contributed by atoms with E-state index in [1.54, 1.807) is 37.5 Å². The average Bonchev–Trinajstić information content (AvgIpc) is 2.92. The summed E-state index contributed by atoms with van der Waals surface area (Å²) in [5, 5.41) is 0.567. The molecule has 0 aliphatic rings. The van der Waals surface area contributed by atoms with Crippen molar-refractivity contribution in [3.05, 3.63) is 63.6 Å². The summed E-state index contributed by atoms with van der Waals surface area (Å²) in [6.45, 7) is 0. The molecule has 0 saturated heterocycles. The summed E-state index contributed by atoms with van der Waals surface area (Å²) in [4.78, 5) is 12.4. The zero-order chi connectivity index (χ0) is 15.2. The number of halogens is 1. The van der Waals surface area contributed by atoms with Crippen molar-refractivity contribution in [2.75, 3.05) is 0 Å². The molecule has 2 heterocycles. The molecule has 0 atom stereocenters. The van der Waals surface area contributed by atoms with Gasteiger partial charge >= 0.3 is 0 Å². The van der Waals surface area contributed by atoms with E-state index in [1.165, 1.54) is 22.9 Å². The zero-order valence-corrected chi connectivity index (χ0v) is 13.4. The smallest absolute Gasteiger partial charge is 0.275 e. The Morgan fingerprint density at radius 1 is 1.10 bits per heavy atom. The highest BCUT2D eigenvalue weighted by Crippen LogP contribution is 2.25. The van der Waals surface area contributed by atoms with Gasteiger partial charge in [0.2, 0.25) is 0 Å². The van der Waals surface area contributed by atoms with Gasteiger partial charge in [0.25, 0.3) is 15.6 Å². The maximum absolute atomic E-state index is 12.7. The lowest BCUT2D eigenvalue weighted by atomic mass is 10.3. The Balaban J connectivity index is 2.40. The quantitative estimate of drug-likeness (QED) is 0.699. The van der Waals surface area contributed by atoms with Gasteiger partial charge in [0, 0.05) is 29.3 Å². The van der Waals surface area contributed by atoms with Gasteiger partial charge in [-0.3, -0.25) is 4.79 Å². The first-order valence-corrected chi connectivity index (χ1v) is 8.33. The minimum atomic E-state index is -3.80. The monoisotopic (exact) mass is 366 g/mol. The molecule has 7 heteroatoms. The third kappa shape index (κ3) is 2.13. The third-order valence-corrected chi connectivity index (χ3v) is 5.56. The summed E-state index contributed by atoms with van der Waals surface area (Å²) in [6.07, 6.45) is 3.02. The van der Waals surface area contributed by atoms with Crippen LogP contribution in [-0.2, 0) is 17.1 Å². The van der Waals surface area contributed by atoms with Crippen LogP contribution in [0.3, 0.4) is 0 Å². The fraction of sp³-hybridized carbons (Fsp3) is 0.0714. The van der Waals surface area contributed by atoms with E-state index < -0.39 is 10.0 Å². The maximum Gasteiger partial charge on any atom is 0.275 e. The lowest BCUT2D eigenvalue weighted by molar-refractivity contribution is 0.589. The Hall–Kier alpha value is -1.86. The van der Waals surface area contributed by atoms with Crippen molar-refractivity contribution in [2.24, 2.45) is 7.05 Å². The van der Waals surface area contributed by atoms with Gasteiger partial charge in [-0.15, -0.1) is 0 Å². The van der Waals surface area contributed by atoms with E-state index in [1.807, 2.05) is 0 Å². The average molecular weight is 367 g/mol. The Bertz CT molecular complexity index is 988. The SMILES string of the molecule is Cn1cc(Br)c2ccn(S(=O)(=O)c3ccccc3)c2c1=O. The van der Waals surface area contributed by atoms with Gasteiger partial charge < -0.3 is 4.57 Å². The molecule has 0 fully saturated rings. The summed E-state index contributed by atoms with van der Waals surface area (Å²) in [7, 11) is -2.21. The number of hydrogen-bond acceptors (Lipinski definition) is 3. The first-order chi connectivity index (χ1) is 9.93. The van der Waals surface area contributed by atoms with Crippen molar-refractivity contribution < 1.29 is 8.42 Å². The molecule has 0 saturated carbocycles. The normalized spacial score (nSPS) is 11.9. The van der Waals surface area contributed by atoms with E-state index in [-0.39, 0.29) is 16.0 Å². The van der Waals surface area contributed by atoms with Crippen LogP contribution in [0.5, 0.6) is 0 Å². The molecule has 108 valence electrons. The molecule has 1 aromatic carbocycles. The Morgan fingerprint density at radius 2 is 1.76 bits per heavy atom. The van der Waals surface area contributed by atoms with Crippen LogP contribution in [0.15, 0.2) is 63.0 Å². The second-order valence-corrected chi connectivity index (χ2v) is 7.25. The lowest BCUT2D eigenvalue weighted by Gasteiger charge is -2.08. The zero-order valence-electron chi connectivity index (χ0n) is 11.0. The second-order valence-electron chi connectivity index (χ2n) is 4.59. The standard InChI is InChI=1S/C14H11BrN2O3S/c1-16-9-12(15)11-7-8-17(13(11)14(16)18)21(19,20)10-5-3-2-4-6-10/h2-9H,1H3. The van der Waals surface area contributed by atoms with Crippen LogP contribution in [0.2, 0.25) is 0 Å². The number of rotatable bonds is 2. The van der Waals surface area contributed by atoms with Gasteiger partial charge in [0.1, 0.15) is 5.52 Å². The molecule has 0 bridgehead atoms. The van der Waals surface area contributed by atoms with Gasteiger partial charge in [-0.2, -0.15) is 0 Å². The number of nitrogens with zero attached hydrogens (tertiary/aromatic N) is 2. The van der Waals surface area contributed by atoms with Crippen LogP contribution >= 0.6 is 15.9 Å². The maximum atomic E-state index is 12.7. The Morgan fingerprint density at radius 3 is 2.43 bits per heavy atom. The largest absolute Gasteiger partial charge is 0.316 e. The molecule has 0 radical (unpaired) electrons. The highest BCUT2D eigenvalue weighted by molar-refractivity contribution is 9.10. The van der Waals surface area contributed by atoms with Crippen LogP contribution in [0.25, 0.3) is 10.9 Å². The first-order valence-electron chi connectivity index (χ1n) is 6.10. The van der Waals surface area contributed by atoms with Crippen molar-refractivity contribution in [1.29, 1.82) is 0 Å². The minimum Gasteiger partial charge on any atom is -0.316 e. The first kappa shape index (κ1) is 14.1. The second kappa shape index (κ2) is 4.85. The highest BCUT2D eigenvalue weighted by atomic mass is 79.9. The molecule has 3 rings (SSSR count). The molecule has 0 spiro atoms. The van der Waals surface area contributed by atoms with Crippen LogP contribution in [0.1, 0.15) is 0 Å². The van der Waals surface area contributed by atoms with Gasteiger partial charge in [-0.25, -0.2) is 12.4 Å². The van der Waals surface area contributed by atoms with E-state index in [4.69, 9.17) is 0 Å². The van der Waals surface area contributed by atoms with E-state index in [9.17, 15) is 13.2 Å². The third-order valence-electron chi connectivity index (χ3n) is 3.24. The molecular weight excluding hydrogens is 356 g/mol. The topological polar surface area (TPSA) is 61.1 Å². The summed E-state index contributed by atoms with van der Waals surface area (Å²) < 4.78 is 28.4. The van der Waals surface area contributed by atoms with E-state index in [0.717, 1.165) is 3.97 Å². The molecule has 2 aromatic heterocycles. The number of pyridine rings is 1. The van der Waals surface area contributed by atoms with Crippen molar-refractivity contribution in [3.63, 3.8) is 0 Å². The molecule has 3 aromatic rings. The number of aryl methyl sites for hydroxylation is 1. The fourth-order valence-corrected chi connectivity index (χ4v) is 4.18. The molecule has 0 amide bonds. The van der Waals surface area contributed by atoms with Gasteiger partial charge in [0.15, 0.2) is 0 Å². The van der Waals surface area contributed by atoms with Crippen LogP contribution < -0.4 is 5.56 Å². The molecule has 0 aliphatic carbocycles. The van der Waals surface area contributed by atoms with Crippen molar-refractivity contribution in [2.45, 2.75) is 4.90 Å². The van der Waals surface area contributed by atoms with Crippen LogP contribution in [0, 0.1) is 0 Å². The number of fused-ring (bicyclic) bond motifs is 1. The summed E-state index contributed by atoms with van der Waals surface area (Å²) >= 11 is 3.35. The summed E-state index contributed by atoms with van der Waals surface area (Å²) in [5.74, 6) is 0. The van der Waals surface area contributed by atoms with E-state index in [0.29, 0.717) is 9.86 Å². The van der Waals surface area contributed by atoms with Crippen molar-refractivity contribution in [1.82, 2.24) is 8.54 Å². The number of aromatic nitrogens is 2. The molecular formula is C14H11BrN2O3S. The highest BCUT2D eigenvalue weighted by Gasteiger charge is 2.21. The fourth-order valence-electron chi connectivity index (χ4n) is 2.19. The van der Waals surface area contributed by atoms with E-state index in [2.05, 4.69) is 15.9 Å². The van der Waals surface area contributed by atoms with Gasteiger partial charge in [-0.1, -0.05) is 18.2 Å². The van der Waals surface area contributed by atoms with Crippen LogP contribution in [0.4, 0.5) is 0 Å². The Kier molecular flexibility index (Phi) is 3.26. The Labute approximate surface area is 129 Å². The number of benzene rings is 1. The van der Waals surface area contributed by atoms with Crippen molar-refractivity contribution in [3.8, 4) is 0 Å². The van der Waals surface area contributed by atoms with Crippen LogP contribution in [-0.4, -0.2) is 17.0 Å². The minimum absolute atomic E-state index is 0.135. The molecule has 0 unspecified atom stereocenters. The number of hydrogen-bond donors (Lipinski definition) is 0. The van der Waals surface area contributed by atoms with Crippen molar-refractivity contribution >= 4 is 36.9 Å². The molecule has 5 nitrogen and oxygen atoms in total. The molecule has 21 heavy (non-hydrogen) atoms. The molecule has 0 aliphatic heterocycles. The predicted molar refractivity (Wildman–Crippen MR) is 83.9 cm³/mol. The van der Waals surface area contributed by atoms with E-state index >= 15 is 0 Å². The summed E-state index contributed by atoms with van der Waals surface area (Å²) in [6, 6.07) is 9.65. The summed E-state index contributed by atoms with van der Waals surface area (Å²) in [5.41, 5.74) is -0.228. The molecule has 0 N–H and O–H groups in total. The van der Waals surface area contributed by atoms with Gasteiger partial charge in [0.05, 0.1) is 4.90 Å². The lowest BCUT2D eigenvalue weighted by Crippen LogP contribution is -2.22.